The van der Waals surface area contributed by atoms with Gasteiger partial charge in [0, 0.05) is 16.3 Å². The fourth-order valence-electron chi connectivity index (χ4n) is 3.38. The van der Waals surface area contributed by atoms with E-state index in [9.17, 15) is 4.79 Å². The van der Waals surface area contributed by atoms with Crippen LogP contribution < -0.4 is 0 Å². The fourth-order valence-corrected chi connectivity index (χ4v) is 3.87. The molecule has 2 atom stereocenters. The zero-order valence-electron chi connectivity index (χ0n) is 10.2. The first kappa shape index (κ1) is 12.9. The van der Waals surface area contributed by atoms with Crippen LogP contribution in [0.15, 0.2) is 12.2 Å². The lowest BCUT2D eigenvalue weighted by Crippen LogP contribution is -2.56. The summed E-state index contributed by atoms with van der Waals surface area (Å²) < 4.78 is 18.1. The number of carbonyl (C=O) groups excluding carboxylic acids is 1. The third kappa shape index (κ3) is 1.91. The molecule has 18 heavy (non-hydrogen) atoms. The monoisotopic (exact) mass is 364 g/mol. The van der Waals surface area contributed by atoms with E-state index in [2.05, 4.69) is 34.7 Å². The minimum atomic E-state index is -0.592. The topological polar surface area (TPSA) is 44.8 Å². The molecule has 2 fully saturated rings. The van der Waals surface area contributed by atoms with Crippen molar-refractivity contribution in [2.24, 2.45) is 5.41 Å². The summed E-state index contributed by atoms with van der Waals surface area (Å²) >= 11 is 2.27. The lowest BCUT2D eigenvalue weighted by Gasteiger charge is -2.50. The second-order valence-corrected chi connectivity index (χ2v) is 6.14. The Kier molecular flexibility index (Phi) is 3.40. The van der Waals surface area contributed by atoms with Gasteiger partial charge in [-0.2, -0.15) is 0 Å². The van der Waals surface area contributed by atoms with Crippen molar-refractivity contribution in [2.45, 2.75) is 37.6 Å². The van der Waals surface area contributed by atoms with Crippen LogP contribution in [-0.4, -0.2) is 35.5 Å². The highest BCUT2D eigenvalue weighted by atomic mass is 127. The molecule has 0 unspecified atom stereocenters. The number of rotatable bonds is 1. The van der Waals surface area contributed by atoms with Crippen molar-refractivity contribution in [1.82, 2.24) is 0 Å². The van der Waals surface area contributed by atoms with Crippen molar-refractivity contribution in [3.8, 4) is 0 Å². The van der Waals surface area contributed by atoms with Crippen LogP contribution in [0, 0.1) is 5.41 Å². The van der Waals surface area contributed by atoms with E-state index in [0.717, 1.165) is 23.7 Å². The molecule has 2 heterocycles. The Bertz CT molecular complexity index is 375. The first-order valence-corrected chi connectivity index (χ1v) is 7.91. The minimum Gasteiger partial charge on any atom is -0.462 e. The van der Waals surface area contributed by atoms with Gasteiger partial charge in [-0.15, -0.1) is 0 Å². The van der Waals surface area contributed by atoms with Gasteiger partial charge in [0.2, 0.25) is 0 Å². The van der Waals surface area contributed by atoms with Crippen LogP contribution >= 0.6 is 22.6 Å². The molecule has 4 nitrogen and oxygen atoms in total. The molecule has 1 aliphatic carbocycles. The maximum absolute atomic E-state index is 11.9. The standard InChI is InChI=1S/C13H17IO4/c14-9-10-7-12(8-11(15)18-10)3-1-2-4-13(12)16-5-6-17-13/h1-2,10H,3-9H2/t10-,12-/m0/s1. The number of hydrogen-bond acceptors (Lipinski definition) is 4. The van der Waals surface area contributed by atoms with E-state index < -0.39 is 5.79 Å². The number of esters is 1. The van der Waals surface area contributed by atoms with E-state index >= 15 is 0 Å². The van der Waals surface area contributed by atoms with Crippen molar-refractivity contribution in [3.63, 3.8) is 0 Å². The molecule has 5 heteroatoms. The average Bonchev–Trinajstić information content (AvgIpc) is 2.83. The highest BCUT2D eigenvalue weighted by molar-refractivity contribution is 14.1. The van der Waals surface area contributed by atoms with Gasteiger partial charge in [-0.05, 0) is 12.8 Å². The SMILES string of the molecule is O=C1C[C@]2(CC=CCC23OCCO3)C[C@@H](CI)O1. The third-order valence-corrected chi connectivity index (χ3v) is 5.18. The normalized spacial score (nSPS) is 38.3. The number of hydrogen-bond donors (Lipinski definition) is 0. The number of halogens is 1. The number of carbonyl (C=O) groups is 1. The molecule has 2 saturated heterocycles. The summed E-state index contributed by atoms with van der Waals surface area (Å²) in [5.74, 6) is -0.706. The van der Waals surface area contributed by atoms with Crippen LogP contribution in [0.4, 0.5) is 0 Å². The van der Waals surface area contributed by atoms with Crippen LogP contribution in [0.5, 0.6) is 0 Å². The van der Waals surface area contributed by atoms with E-state index in [4.69, 9.17) is 14.2 Å². The highest BCUT2D eigenvalue weighted by Gasteiger charge is 2.59. The second-order valence-electron chi connectivity index (χ2n) is 5.26. The molecule has 0 bridgehead atoms. The smallest absolute Gasteiger partial charge is 0.306 e. The van der Waals surface area contributed by atoms with Crippen LogP contribution in [0.1, 0.15) is 25.7 Å². The van der Waals surface area contributed by atoms with E-state index in [0.29, 0.717) is 19.6 Å². The summed E-state index contributed by atoms with van der Waals surface area (Å²) in [7, 11) is 0. The Morgan fingerprint density at radius 1 is 1.28 bits per heavy atom. The van der Waals surface area contributed by atoms with Gasteiger partial charge in [0.25, 0.3) is 0 Å². The van der Waals surface area contributed by atoms with E-state index in [1.54, 1.807) is 0 Å². The number of allylic oxidation sites excluding steroid dienone is 1. The molecule has 0 aromatic heterocycles. The average molecular weight is 364 g/mol. The van der Waals surface area contributed by atoms with Gasteiger partial charge in [-0.1, -0.05) is 34.7 Å². The predicted molar refractivity (Wildman–Crippen MR) is 73.4 cm³/mol. The van der Waals surface area contributed by atoms with Gasteiger partial charge in [0.1, 0.15) is 6.10 Å². The van der Waals surface area contributed by atoms with Gasteiger partial charge >= 0.3 is 5.97 Å². The van der Waals surface area contributed by atoms with Gasteiger partial charge in [-0.3, -0.25) is 4.79 Å². The summed E-state index contributed by atoms with van der Waals surface area (Å²) in [6.45, 7) is 1.25. The number of cyclic esters (lactones) is 1. The van der Waals surface area contributed by atoms with Crippen LogP contribution in [0.3, 0.4) is 0 Å². The molecule has 2 spiro atoms. The quantitative estimate of drug-likeness (QED) is 0.310. The van der Waals surface area contributed by atoms with Crippen molar-refractivity contribution < 1.29 is 19.0 Å². The predicted octanol–water partition coefficient (Wildman–Crippen LogP) is 2.21. The molecule has 0 amide bonds. The summed E-state index contributed by atoms with van der Waals surface area (Å²) in [6, 6.07) is 0. The molecule has 3 rings (SSSR count). The zero-order valence-corrected chi connectivity index (χ0v) is 12.4. The maximum Gasteiger partial charge on any atom is 0.306 e. The third-order valence-electron chi connectivity index (χ3n) is 4.19. The molecule has 2 aliphatic heterocycles. The molecule has 0 radical (unpaired) electrons. The molecule has 0 aromatic rings. The Hall–Kier alpha value is -0.140. The Balaban J connectivity index is 1.94. The van der Waals surface area contributed by atoms with Crippen molar-refractivity contribution >= 4 is 28.6 Å². The summed E-state index contributed by atoms with van der Waals surface area (Å²) in [5, 5.41) is 0. The minimum absolute atomic E-state index is 0.0111. The lowest BCUT2D eigenvalue weighted by atomic mass is 9.65. The van der Waals surface area contributed by atoms with Gasteiger partial charge in [-0.25, -0.2) is 0 Å². The first-order valence-electron chi connectivity index (χ1n) is 6.38. The summed E-state index contributed by atoms with van der Waals surface area (Å²) in [5.41, 5.74) is -0.233. The van der Waals surface area contributed by atoms with Crippen LogP contribution in [0.2, 0.25) is 0 Å². The molecule has 100 valence electrons. The molecule has 0 saturated carbocycles. The van der Waals surface area contributed by atoms with Crippen molar-refractivity contribution in [1.29, 1.82) is 0 Å². The lowest BCUT2D eigenvalue weighted by molar-refractivity contribution is -0.259. The van der Waals surface area contributed by atoms with Gasteiger partial charge in [0.15, 0.2) is 5.79 Å². The van der Waals surface area contributed by atoms with Crippen molar-refractivity contribution in [2.75, 3.05) is 17.6 Å². The Morgan fingerprint density at radius 3 is 2.72 bits per heavy atom. The van der Waals surface area contributed by atoms with Crippen LogP contribution in [-0.2, 0) is 19.0 Å². The molecular weight excluding hydrogens is 347 g/mol. The molecular formula is C13H17IO4. The summed E-state index contributed by atoms with van der Waals surface area (Å²) in [4.78, 5) is 11.9. The molecule has 3 aliphatic rings. The first-order chi connectivity index (χ1) is 8.70. The highest BCUT2D eigenvalue weighted by Crippen LogP contribution is 2.54. The van der Waals surface area contributed by atoms with E-state index in [1.807, 2.05) is 0 Å². The second kappa shape index (κ2) is 4.76. The Labute approximate surface area is 120 Å². The number of ether oxygens (including phenoxy) is 3. The van der Waals surface area contributed by atoms with E-state index in [-0.39, 0.29) is 17.5 Å². The van der Waals surface area contributed by atoms with E-state index in [1.165, 1.54) is 0 Å². The fraction of sp³-hybridized carbons (Fsp3) is 0.769. The Morgan fingerprint density at radius 2 is 2.00 bits per heavy atom. The van der Waals surface area contributed by atoms with Crippen molar-refractivity contribution in [3.05, 3.63) is 12.2 Å². The van der Waals surface area contributed by atoms with Crippen LogP contribution in [0.25, 0.3) is 0 Å². The number of fused-ring (bicyclic) bond motifs is 1. The number of alkyl halides is 1. The van der Waals surface area contributed by atoms with Gasteiger partial charge < -0.3 is 14.2 Å². The molecule has 0 aromatic carbocycles. The summed E-state index contributed by atoms with van der Waals surface area (Å²) in [6.07, 6.45) is 7.08. The zero-order chi connectivity index (χ0) is 12.6. The largest absolute Gasteiger partial charge is 0.462 e. The molecule has 0 N–H and O–H groups in total. The van der Waals surface area contributed by atoms with Gasteiger partial charge in [0.05, 0.1) is 19.6 Å². The maximum atomic E-state index is 11.9.